The van der Waals surface area contributed by atoms with Crippen molar-refractivity contribution < 1.29 is 8.94 Å². The third-order valence-electron chi connectivity index (χ3n) is 5.96. The molecule has 8 heteroatoms. The molecule has 0 spiro atoms. The number of fused-ring (bicyclic) bond motifs is 1. The number of H-pyrrole nitrogens is 1. The standard InChI is InChI=1S/C27H22ClN3O4/c1-14-12-18(16(3)29-21-11-7-10-20(28)22(21)26-30-27(33)35-31-26)25-19(13-14)23(32)15(2)24(34-25)17-8-5-4-6-9-17/h4-13,16,29H,1-3H3,(H,30,31,33). The highest BCUT2D eigenvalue weighted by molar-refractivity contribution is 6.33. The largest absolute Gasteiger partial charge is 0.455 e. The van der Waals surface area contributed by atoms with Gasteiger partial charge in [-0.3, -0.25) is 14.3 Å². The summed E-state index contributed by atoms with van der Waals surface area (Å²) in [6.07, 6.45) is 0. The van der Waals surface area contributed by atoms with Gasteiger partial charge in [-0.2, -0.15) is 0 Å². The average molecular weight is 488 g/mol. The van der Waals surface area contributed by atoms with Gasteiger partial charge in [0.1, 0.15) is 11.3 Å². The molecule has 176 valence electrons. The van der Waals surface area contributed by atoms with Crippen LogP contribution in [0, 0.1) is 13.8 Å². The Morgan fingerprint density at radius 3 is 2.51 bits per heavy atom. The van der Waals surface area contributed by atoms with Crippen LogP contribution in [0.25, 0.3) is 33.7 Å². The Morgan fingerprint density at radius 1 is 1.03 bits per heavy atom. The smallest absolute Gasteiger partial charge is 0.439 e. The lowest BCUT2D eigenvalue weighted by atomic mass is 9.98. The second kappa shape index (κ2) is 8.92. The number of benzene rings is 3. The molecule has 7 nitrogen and oxygen atoms in total. The maximum Gasteiger partial charge on any atom is 0.439 e. The first-order valence-corrected chi connectivity index (χ1v) is 11.5. The number of aromatic amines is 1. The van der Waals surface area contributed by atoms with Crippen molar-refractivity contribution in [3.63, 3.8) is 0 Å². The zero-order valence-electron chi connectivity index (χ0n) is 19.3. The van der Waals surface area contributed by atoms with Crippen molar-refractivity contribution in [1.82, 2.24) is 10.1 Å². The molecular formula is C27H22ClN3O4. The maximum absolute atomic E-state index is 13.3. The van der Waals surface area contributed by atoms with Gasteiger partial charge in [0.15, 0.2) is 11.3 Å². The highest BCUT2D eigenvalue weighted by atomic mass is 35.5. The minimum absolute atomic E-state index is 0.0640. The molecule has 1 atom stereocenters. The zero-order chi connectivity index (χ0) is 24.7. The van der Waals surface area contributed by atoms with E-state index in [2.05, 4.69) is 20.0 Å². The average Bonchev–Trinajstić information content (AvgIpc) is 3.27. The molecule has 2 heterocycles. The van der Waals surface area contributed by atoms with E-state index in [9.17, 15) is 9.59 Å². The van der Waals surface area contributed by atoms with E-state index in [4.69, 9.17) is 16.0 Å². The van der Waals surface area contributed by atoms with Crippen LogP contribution in [0.4, 0.5) is 5.69 Å². The summed E-state index contributed by atoms with van der Waals surface area (Å²) in [6, 6.07) is 18.5. The lowest BCUT2D eigenvalue weighted by Crippen LogP contribution is -2.13. The molecular weight excluding hydrogens is 466 g/mol. The predicted molar refractivity (Wildman–Crippen MR) is 137 cm³/mol. The summed E-state index contributed by atoms with van der Waals surface area (Å²) >= 11 is 6.45. The summed E-state index contributed by atoms with van der Waals surface area (Å²) < 4.78 is 11.1. The number of nitrogens with one attached hydrogen (secondary N) is 2. The fraction of sp³-hybridized carbons (Fsp3) is 0.148. The zero-order valence-corrected chi connectivity index (χ0v) is 20.1. The minimum Gasteiger partial charge on any atom is -0.455 e. The van der Waals surface area contributed by atoms with Crippen molar-refractivity contribution in [2.24, 2.45) is 0 Å². The van der Waals surface area contributed by atoms with Crippen LogP contribution in [0.2, 0.25) is 5.02 Å². The van der Waals surface area contributed by atoms with Crippen molar-refractivity contribution in [1.29, 1.82) is 0 Å². The number of anilines is 1. The Hall–Kier alpha value is -4.10. The maximum atomic E-state index is 13.3. The topological polar surface area (TPSA) is 101 Å². The van der Waals surface area contributed by atoms with Crippen LogP contribution >= 0.6 is 11.6 Å². The van der Waals surface area contributed by atoms with Crippen LogP contribution in [0.15, 0.2) is 79.2 Å². The fourth-order valence-corrected chi connectivity index (χ4v) is 4.55. The number of aromatic nitrogens is 2. The molecule has 0 bridgehead atoms. The Morgan fingerprint density at radius 2 is 1.80 bits per heavy atom. The number of aryl methyl sites for hydroxylation is 1. The van der Waals surface area contributed by atoms with Crippen LogP contribution in [0.1, 0.15) is 29.7 Å². The predicted octanol–water partition coefficient (Wildman–Crippen LogP) is 6.25. The number of rotatable bonds is 5. The van der Waals surface area contributed by atoms with Gasteiger partial charge in [0.05, 0.1) is 22.0 Å². The first kappa shape index (κ1) is 22.7. The molecule has 0 aliphatic rings. The molecule has 0 aliphatic heterocycles. The molecule has 35 heavy (non-hydrogen) atoms. The van der Waals surface area contributed by atoms with Crippen LogP contribution in [0.3, 0.4) is 0 Å². The summed E-state index contributed by atoms with van der Waals surface area (Å²) in [4.78, 5) is 27.4. The summed E-state index contributed by atoms with van der Waals surface area (Å²) in [6.45, 7) is 5.70. The second-order valence-electron chi connectivity index (χ2n) is 8.45. The lowest BCUT2D eigenvalue weighted by Gasteiger charge is -2.20. The monoisotopic (exact) mass is 487 g/mol. The molecule has 1 unspecified atom stereocenters. The van der Waals surface area contributed by atoms with Gasteiger partial charge in [-0.1, -0.05) is 59.2 Å². The highest BCUT2D eigenvalue weighted by Crippen LogP contribution is 2.36. The van der Waals surface area contributed by atoms with E-state index in [0.717, 1.165) is 16.7 Å². The van der Waals surface area contributed by atoms with Crippen LogP contribution in [0.5, 0.6) is 0 Å². The molecule has 5 rings (SSSR count). The third kappa shape index (κ3) is 4.15. The van der Waals surface area contributed by atoms with Gasteiger partial charge in [-0.25, -0.2) is 4.79 Å². The van der Waals surface area contributed by atoms with Gasteiger partial charge in [0.2, 0.25) is 0 Å². The van der Waals surface area contributed by atoms with Crippen LogP contribution in [-0.2, 0) is 0 Å². The Kier molecular flexibility index (Phi) is 5.78. The van der Waals surface area contributed by atoms with Crippen LogP contribution < -0.4 is 16.5 Å². The molecule has 0 saturated heterocycles. The van der Waals surface area contributed by atoms with E-state index < -0.39 is 5.76 Å². The van der Waals surface area contributed by atoms with E-state index in [1.807, 2.05) is 62.4 Å². The van der Waals surface area contributed by atoms with Crippen molar-refractivity contribution >= 4 is 28.3 Å². The summed E-state index contributed by atoms with van der Waals surface area (Å²) in [5, 5.41) is 8.15. The number of halogens is 1. The minimum atomic E-state index is -0.672. The number of nitrogens with zero attached hydrogens (tertiary/aromatic N) is 1. The third-order valence-corrected chi connectivity index (χ3v) is 6.27. The quantitative estimate of drug-likeness (QED) is 0.304. The summed E-state index contributed by atoms with van der Waals surface area (Å²) in [5.41, 5.74) is 4.75. The molecule has 5 aromatic rings. The first-order valence-electron chi connectivity index (χ1n) is 11.1. The van der Waals surface area contributed by atoms with Gasteiger partial charge in [0, 0.05) is 22.4 Å². The van der Waals surface area contributed by atoms with Crippen molar-refractivity contribution in [3.8, 4) is 22.7 Å². The second-order valence-corrected chi connectivity index (χ2v) is 8.86. The summed E-state index contributed by atoms with van der Waals surface area (Å²) in [5.74, 6) is 0.0936. The molecule has 2 N–H and O–H groups in total. The Bertz CT molecular complexity index is 1670. The van der Waals surface area contributed by atoms with Crippen LogP contribution in [-0.4, -0.2) is 10.1 Å². The number of hydrogen-bond acceptors (Lipinski definition) is 6. The van der Waals surface area contributed by atoms with Gasteiger partial charge < -0.3 is 9.73 Å². The molecule has 0 amide bonds. The summed E-state index contributed by atoms with van der Waals surface area (Å²) in [7, 11) is 0. The SMILES string of the molecule is Cc1cc(C(C)Nc2cccc(Cl)c2-c2noc(=O)[nH]2)c2oc(-c3ccccc3)c(C)c(=O)c2c1. The molecule has 0 fully saturated rings. The van der Waals surface area contributed by atoms with Gasteiger partial charge >= 0.3 is 5.76 Å². The molecule has 2 aromatic heterocycles. The Balaban J connectivity index is 1.66. The Labute approximate surface area is 205 Å². The fourth-order valence-electron chi connectivity index (χ4n) is 4.29. The molecule has 0 aliphatic carbocycles. The molecule has 3 aromatic carbocycles. The molecule has 0 saturated carbocycles. The van der Waals surface area contributed by atoms with Gasteiger partial charge in [0.25, 0.3) is 0 Å². The van der Waals surface area contributed by atoms with Crippen molar-refractivity contribution in [2.45, 2.75) is 26.8 Å². The first-order chi connectivity index (χ1) is 16.8. The van der Waals surface area contributed by atoms with Gasteiger partial charge in [-0.15, -0.1) is 0 Å². The van der Waals surface area contributed by atoms with E-state index >= 15 is 0 Å². The van der Waals surface area contributed by atoms with Crippen molar-refractivity contribution in [3.05, 3.63) is 103 Å². The van der Waals surface area contributed by atoms with E-state index in [1.165, 1.54) is 0 Å². The lowest BCUT2D eigenvalue weighted by molar-refractivity contribution is 0.388. The van der Waals surface area contributed by atoms with Crippen molar-refractivity contribution in [2.75, 3.05) is 5.32 Å². The number of hydrogen-bond donors (Lipinski definition) is 2. The van der Waals surface area contributed by atoms with E-state index in [0.29, 0.717) is 38.6 Å². The van der Waals surface area contributed by atoms with E-state index in [-0.39, 0.29) is 17.3 Å². The van der Waals surface area contributed by atoms with E-state index in [1.54, 1.807) is 19.1 Å². The highest BCUT2D eigenvalue weighted by Gasteiger charge is 2.21. The normalized spacial score (nSPS) is 12.1. The molecule has 0 radical (unpaired) electrons. The van der Waals surface area contributed by atoms with Gasteiger partial charge in [-0.05, 0) is 44.5 Å².